The fourth-order valence-corrected chi connectivity index (χ4v) is 3.26. The standard InChI is InChI=1S/C14H23N3O2/c1-9-6-12(9)17-8-10(7-13(17)18)16-14(19)11-4-2-3-5-15-11/h9-12,15H,2-8H2,1H3,(H,16,19)/t9-,10-,11-,12+/m1/s1. The van der Waals surface area contributed by atoms with Crippen LogP contribution >= 0.6 is 0 Å². The summed E-state index contributed by atoms with van der Waals surface area (Å²) in [5.74, 6) is 0.915. The fraction of sp³-hybridized carbons (Fsp3) is 0.857. The fourth-order valence-electron chi connectivity index (χ4n) is 3.26. The van der Waals surface area contributed by atoms with Gasteiger partial charge in [0.25, 0.3) is 0 Å². The molecule has 2 N–H and O–H groups in total. The van der Waals surface area contributed by atoms with Gasteiger partial charge in [0.15, 0.2) is 0 Å². The van der Waals surface area contributed by atoms with Crippen molar-refractivity contribution in [1.29, 1.82) is 0 Å². The molecular formula is C14H23N3O2. The number of likely N-dealkylation sites (tertiary alicyclic amines) is 1. The molecule has 0 spiro atoms. The minimum atomic E-state index is -0.0576. The van der Waals surface area contributed by atoms with Gasteiger partial charge in [-0.3, -0.25) is 9.59 Å². The van der Waals surface area contributed by atoms with Gasteiger partial charge in [-0.2, -0.15) is 0 Å². The topological polar surface area (TPSA) is 61.4 Å². The van der Waals surface area contributed by atoms with Gasteiger partial charge in [0.1, 0.15) is 0 Å². The normalized spacial score (nSPS) is 38.4. The van der Waals surface area contributed by atoms with Crippen LogP contribution < -0.4 is 10.6 Å². The predicted octanol–water partition coefficient (Wildman–Crippen LogP) is 0.254. The molecule has 19 heavy (non-hydrogen) atoms. The van der Waals surface area contributed by atoms with E-state index in [4.69, 9.17) is 0 Å². The number of hydrogen-bond acceptors (Lipinski definition) is 3. The van der Waals surface area contributed by atoms with Crippen LogP contribution in [-0.2, 0) is 9.59 Å². The summed E-state index contributed by atoms with van der Waals surface area (Å²) in [6.45, 7) is 3.80. The molecule has 2 saturated heterocycles. The molecule has 3 fully saturated rings. The van der Waals surface area contributed by atoms with Gasteiger partial charge in [-0.05, 0) is 31.7 Å². The number of carbonyl (C=O) groups is 2. The lowest BCUT2D eigenvalue weighted by atomic mass is 10.0. The maximum absolute atomic E-state index is 12.1. The van der Waals surface area contributed by atoms with Gasteiger partial charge >= 0.3 is 0 Å². The molecule has 106 valence electrons. The van der Waals surface area contributed by atoms with Crippen LogP contribution in [0.1, 0.15) is 39.0 Å². The number of carbonyl (C=O) groups excluding carboxylic acids is 2. The molecule has 0 aromatic heterocycles. The van der Waals surface area contributed by atoms with Gasteiger partial charge in [0.05, 0.1) is 12.1 Å². The molecule has 0 unspecified atom stereocenters. The minimum Gasteiger partial charge on any atom is -0.350 e. The third kappa shape index (κ3) is 2.76. The van der Waals surface area contributed by atoms with Crippen LogP contribution in [0.5, 0.6) is 0 Å². The Hall–Kier alpha value is -1.10. The van der Waals surface area contributed by atoms with Crippen molar-refractivity contribution >= 4 is 11.8 Å². The molecule has 5 heteroatoms. The largest absolute Gasteiger partial charge is 0.350 e. The van der Waals surface area contributed by atoms with Gasteiger partial charge in [-0.25, -0.2) is 0 Å². The van der Waals surface area contributed by atoms with Crippen LogP contribution in [0.15, 0.2) is 0 Å². The number of piperidine rings is 1. The Morgan fingerprint density at radius 3 is 2.84 bits per heavy atom. The first-order valence-corrected chi connectivity index (χ1v) is 7.48. The van der Waals surface area contributed by atoms with E-state index in [1.54, 1.807) is 0 Å². The third-order valence-electron chi connectivity index (χ3n) is 4.60. The molecule has 2 aliphatic heterocycles. The van der Waals surface area contributed by atoms with E-state index in [2.05, 4.69) is 17.6 Å². The molecular weight excluding hydrogens is 242 g/mol. The van der Waals surface area contributed by atoms with E-state index in [0.29, 0.717) is 24.9 Å². The van der Waals surface area contributed by atoms with Gasteiger partial charge in [-0.1, -0.05) is 13.3 Å². The Labute approximate surface area is 114 Å². The van der Waals surface area contributed by atoms with E-state index < -0.39 is 0 Å². The minimum absolute atomic E-state index is 0.0107. The summed E-state index contributed by atoms with van der Waals surface area (Å²) in [5.41, 5.74) is 0. The summed E-state index contributed by atoms with van der Waals surface area (Å²) in [6.07, 6.45) is 4.77. The van der Waals surface area contributed by atoms with Crippen LogP contribution in [-0.4, -0.2) is 47.9 Å². The summed E-state index contributed by atoms with van der Waals surface area (Å²) in [7, 11) is 0. The number of rotatable bonds is 3. The van der Waals surface area contributed by atoms with Crippen molar-refractivity contribution in [1.82, 2.24) is 15.5 Å². The second-order valence-corrected chi connectivity index (χ2v) is 6.24. The summed E-state index contributed by atoms with van der Waals surface area (Å²) < 4.78 is 0. The lowest BCUT2D eigenvalue weighted by molar-refractivity contribution is -0.128. The van der Waals surface area contributed by atoms with Gasteiger partial charge < -0.3 is 15.5 Å². The maximum atomic E-state index is 12.1. The summed E-state index contributed by atoms with van der Waals surface area (Å²) in [5, 5.41) is 6.29. The van der Waals surface area contributed by atoms with Crippen molar-refractivity contribution in [3.63, 3.8) is 0 Å². The third-order valence-corrected chi connectivity index (χ3v) is 4.60. The number of amides is 2. The van der Waals surface area contributed by atoms with Crippen molar-refractivity contribution in [2.75, 3.05) is 13.1 Å². The van der Waals surface area contributed by atoms with Crippen LogP contribution in [0.4, 0.5) is 0 Å². The van der Waals surface area contributed by atoms with E-state index >= 15 is 0 Å². The van der Waals surface area contributed by atoms with Gasteiger partial charge in [-0.15, -0.1) is 0 Å². The van der Waals surface area contributed by atoms with E-state index in [0.717, 1.165) is 32.2 Å². The highest BCUT2D eigenvalue weighted by Crippen LogP contribution is 2.37. The van der Waals surface area contributed by atoms with Crippen molar-refractivity contribution in [3.05, 3.63) is 0 Å². The predicted molar refractivity (Wildman–Crippen MR) is 71.5 cm³/mol. The van der Waals surface area contributed by atoms with E-state index in [1.165, 1.54) is 0 Å². The lowest BCUT2D eigenvalue weighted by Crippen LogP contribution is -2.50. The number of hydrogen-bond donors (Lipinski definition) is 2. The average Bonchev–Trinajstić information content (AvgIpc) is 3.02. The Morgan fingerprint density at radius 1 is 1.42 bits per heavy atom. The number of nitrogens with zero attached hydrogens (tertiary/aromatic N) is 1. The van der Waals surface area contributed by atoms with Gasteiger partial charge in [0.2, 0.25) is 11.8 Å². The first-order chi connectivity index (χ1) is 9.15. The molecule has 0 radical (unpaired) electrons. The zero-order chi connectivity index (χ0) is 13.4. The highest BCUT2D eigenvalue weighted by atomic mass is 16.2. The van der Waals surface area contributed by atoms with E-state index in [-0.39, 0.29) is 23.9 Å². The Kier molecular flexibility index (Phi) is 3.48. The Morgan fingerprint density at radius 2 is 2.21 bits per heavy atom. The Bertz CT molecular complexity index is 379. The first-order valence-electron chi connectivity index (χ1n) is 7.48. The van der Waals surface area contributed by atoms with Crippen LogP contribution in [0.2, 0.25) is 0 Å². The summed E-state index contributed by atoms with van der Waals surface area (Å²) in [6, 6.07) is 0.386. The highest BCUT2D eigenvalue weighted by Gasteiger charge is 2.45. The zero-order valence-corrected chi connectivity index (χ0v) is 11.5. The van der Waals surface area contributed by atoms with E-state index in [1.807, 2.05) is 4.90 Å². The molecule has 5 nitrogen and oxygen atoms in total. The van der Waals surface area contributed by atoms with Crippen molar-refractivity contribution in [2.45, 2.75) is 57.2 Å². The maximum Gasteiger partial charge on any atom is 0.237 e. The Balaban J connectivity index is 1.50. The zero-order valence-electron chi connectivity index (χ0n) is 11.5. The highest BCUT2D eigenvalue weighted by molar-refractivity contribution is 5.85. The SMILES string of the molecule is C[C@@H]1C[C@@H]1N1C[C@H](NC(=O)[C@H]2CCCCN2)CC1=O. The lowest BCUT2D eigenvalue weighted by Gasteiger charge is -2.24. The molecule has 2 amide bonds. The molecule has 3 aliphatic rings. The van der Waals surface area contributed by atoms with Crippen molar-refractivity contribution in [3.8, 4) is 0 Å². The molecule has 1 aliphatic carbocycles. The molecule has 0 bridgehead atoms. The van der Waals surface area contributed by atoms with Crippen molar-refractivity contribution in [2.24, 2.45) is 5.92 Å². The smallest absolute Gasteiger partial charge is 0.237 e. The molecule has 1 saturated carbocycles. The molecule has 0 aromatic carbocycles. The van der Waals surface area contributed by atoms with Crippen LogP contribution in [0, 0.1) is 5.92 Å². The molecule has 4 atom stereocenters. The number of nitrogens with one attached hydrogen (secondary N) is 2. The van der Waals surface area contributed by atoms with Crippen LogP contribution in [0.25, 0.3) is 0 Å². The molecule has 3 rings (SSSR count). The quantitative estimate of drug-likeness (QED) is 0.769. The van der Waals surface area contributed by atoms with Crippen LogP contribution in [0.3, 0.4) is 0 Å². The average molecular weight is 265 g/mol. The summed E-state index contributed by atoms with van der Waals surface area (Å²) >= 11 is 0. The van der Waals surface area contributed by atoms with E-state index in [9.17, 15) is 9.59 Å². The first kappa shape index (κ1) is 12.9. The van der Waals surface area contributed by atoms with Crippen molar-refractivity contribution < 1.29 is 9.59 Å². The molecule has 0 aromatic rings. The second-order valence-electron chi connectivity index (χ2n) is 6.24. The monoisotopic (exact) mass is 265 g/mol. The summed E-state index contributed by atoms with van der Waals surface area (Å²) in [4.78, 5) is 26.0. The second kappa shape index (κ2) is 5.12. The molecule has 2 heterocycles. The van der Waals surface area contributed by atoms with Gasteiger partial charge in [0, 0.05) is 19.0 Å².